The van der Waals surface area contributed by atoms with Gasteiger partial charge in [0.05, 0.1) is 5.56 Å². The Kier molecular flexibility index (Phi) is 2.51. The molecule has 3 nitrogen and oxygen atoms in total. The van der Waals surface area contributed by atoms with Crippen molar-refractivity contribution in [3.63, 3.8) is 0 Å². The maximum Gasteiger partial charge on any atom is 0.356 e. The van der Waals surface area contributed by atoms with Crippen LogP contribution in [0.4, 0.5) is 0 Å². The van der Waals surface area contributed by atoms with Crippen LogP contribution in [0.15, 0.2) is 29.2 Å². The van der Waals surface area contributed by atoms with E-state index in [0.717, 1.165) is 0 Å². The van der Waals surface area contributed by atoms with Crippen molar-refractivity contribution in [1.82, 2.24) is 0 Å². The topological polar surface area (TPSA) is 52.3 Å². The van der Waals surface area contributed by atoms with Gasteiger partial charge in [0.15, 0.2) is 0 Å². The Bertz CT molecular complexity index is 275. The lowest BCUT2D eigenvalue weighted by molar-refractivity contribution is 0.0503. The molecule has 0 fully saturated rings. The second kappa shape index (κ2) is 3.41. The Morgan fingerprint density at radius 2 is 2.27 bits per heavy atom. The van der Waals surface area contributed by atoms with Gasteiger partial charge in [0, 0.05) is 4.90 Å². The lowest BCUT2D eigenvalue weighted by atomic mass is 10.2. The summed E-state index contributed by atoms with van der Waals surface area (Å²) in [6, 6.07) is 6.65. The Morgan fingerprint density at radius 1 is 1.55 bits per heavy atom. The molecule has 0 aliphatic rings. The molecule has 0 aliphatic heterocycles. The van der Waals surface area contributed by atoms with Gasteiger partial charge >= 0.3 is 5.97 Å². The van der Waals surface area contributed by atoms with Crippen molar-refractivity contribution in [2.24, 2.45) is 5.90 Å². The fraction of sp³-hybridized carbons (Fsp3) is 0. The number of hydrogen-bond donors (Lipinski definition) is 2. The van der Waals surface area contributed by atoms with Crippen LogP contribution in [0.1, 0.15) is 10.4 Å². The summed E-state index contributed by atoms with van der Waals surface area (Å²) in [6.07, 6.45) is 0. The van der Waals surface area contributed by atoms with Crippen LogP contribution in [-0.4, -0.2) is 5.97 Å². The largest absolute Gasteiger partial charge is 0.370 e. The Labute approximate surface area is 69.5 Å². The monoisotopic (exact) mass is 169 g/mol. The molecular formula is C7H7NO2S. The number of benzene rings is 1. The second-order valence-electron chi connectivity index (χ2n) is 1.96. The summed E-state index contributed by atoms with van der Waals surface area (Å²) in [7, 11) is 0. The van der Waals surface area contributed by atoms with Crippen molar-refractivity contribution >= 4 is 18.6 Å². The maximum atomic E-state index is 10.8. The van der Waals surface area contributed by atoms with E-state index in [2.05, 4.69) is 23.4 Å². The van der Waals surface area contributed by atoms with Crippen LogP contribution in [0.3, 0.4) is 0 Å². The van der Waals surface area contributed by atoms with Gasteiger partial charge in [-0.1, -0.05) is 6.07 Å². The van der Waals surface area contributed by atoms with Gasteiger partial charge in [-0.2, -0.15) is 5.90 Å². The van der Waals surface area contributed by atoms with Crippen molar-refractivity contribution in [2.75, 3.05) is 0 Å². The highest BCUT2D eigenvalue weighted by atomic mass is 32.1. The van der Waals surface area contributed by atoms with E-state index in [-0.39, 0.29) is 0 Å². The van der Waals surface area contributed by atoms with Gasteiger partial charge in [-0.3, -0.25) is 0 Å². The van der Waals surface area contributed by atoms with Gasteiger partial charge < -0.3 is 4.84 Å². The van der Waals surface area contributed by atoms with Gasteiger partial charge in [-0.15, -0.1) is 12.6 Å². The number of hydrogen-bond acceptors (Lipinski definition) is 4. The first-order valence-electron chi connectivity index (χ1n) is 2.94. The number of carbonyl (C=O) groups is 1. The average molecular weight is 169 g/mol. The highest BCUT2D eigenvalue weighted by Crippen LogP contribution is 2.08. The molecule has 1 aromatic rings. The molecule has 0 saturated heterocycles. The molecule has 2 N–H and O–H groups in total. The third-order valence-corrected chi connectivity index (χ3v) is 1.47. The minimum absolute atomic E-state index is 0.403. The SMILES string of the molecule is NOC(=O)c1cccc(S)c1. The first kappa shape index (κ1) is 8.10. The van der Waals surface area contributed by atoms with Gasteiger partial charge in [-0.05, 0) is 18.2 Å². The first-order valence-corrected chi connectivity index (χ1v) is 3.39. The molecule has 4 heteroatoms. The molecule has 0 saturated carbocycles. The fourth-order valence-electron chi connectivity index (χ4n) is 0.701. The molecule has 0 amide bonds. The fourth-order valence-corrected chi connectivity index (χ4v) is 0.926. The minimum atomic E-state index is -0.555. The number of rotatable bonds is 1. The van der Waals surface area contributed by atoms with E-state index < -0.39 is 5.97 Å². The van der Waals surface area contributed by atoms with E-state index in [4.69, 9.17) is 0 Å². The molecule has 1 aromatic carbocycles. The number of carbonyl (C=O) groups excluding carboxylic acids is 1. The smallest absolute Gasteiger partial charge is 0.356 e. The van der Waals surface area contributed by atoms with E-state index in [1.807, 2.05) is 0 Å². The molecular weight excluding hydrogens is 162 g/mol. The molecule has 58 valence electrons. The van der Waals surface area contributed by atoms with Gasteiger partial charge in [0.25, 0.3) is 0 Å². The van der Waals surface area contributed by atoms with E-state index in [0.29, 0.717) is 10.5 Å². The van der Waals surface area contributed by atoms with E-state index in [9.17, 15) is 4.79 Å². The normalized spacial score (nSPS) is 9.27. The van der Waals surface area contributed by atoms with Crippen LogP contribution < -0.4 is 5.90 Å². The quantitative estimate of drug-likeness (QED) is 0.487. The van der Waals surface area contributed by atoms with Crippen LogP contribution in [0.2, 0.25) is 0 Å². The van der Waals surface area contributed by atoms with Crippen molar-refractivity contribution in [2.45, 2.75) is 4.90 Å². The molecule has 0 unspecified atom stereocenters. The van der Waals surface area contributed by atoms with Crippen molar-refractivity contribution in [3.05, 3.63) is 29.8 Å². The molecule has 0 spiro atoms. The van der Waals surface area contributed by atoms with Crippen LogP contribution >= 0.6 is 12.6 Å². The summed E-state index contributed by atoms with van der Waals surface area (Å²) in [5.74, 6) is 4.12. The van der Waals surface area contributed by atoms with Crippen molar-refractivity contribution in [1.29, 1.82) is 0 Å². The molecule has 0 aromatic heterocycles. The summed E-state index contributed by atoms with van der Waals surface area (Å²) >= 11 is 4.04. The standard InChI is InChI=1S/C7H7NO2S/c8-10-7(9)5-2-1-3-6(11)4-5/h1-4,11H,8H2. The predicted molar refractivity (Wildman–Crippen MR) is 43.3 cm³/mol. The third kappa shape index (κ3) is 1.96. The van der Waals surface area contributed by atoms with Gasteiger partial charge in [-0.25, -0.2) is 4.79 Å². The first-order chi connectivity index (χ1) is 5.24. The lowest BCUT2D eigenvalue weighted by Crippen LogP contribution is -2.09. The van der Waals surface area contributed by atoms with Crippen LogP contribution in [0, 0.1) is 0 Å². The zero-order valence-electron chi connectivity index (χ0n) is 5.65. The molecule has 0 heterocycles. The summed E-state index contributed by atoms with van der Waals surface area (Å²) in [5, 5.41) is 0. The van der Waals surface area contributed by atoms with Crippen LogP contribution in [0.25, 0.3) is 0 Å². The van der Waals surface area contributed by atoms with Gasteiger partial charge in [0.1, 0.15) is 0 Å². The zero-order valence-corrected chi connectivity index (χ0v) is 6.54. The van der Waals surface area contributed by atoms with Gasteiger partial charge in [0.2, 0.25) is 0 Å². The molecule has 0 aliphatic carbocycles. The number of nitrogens with two attached hydrogens (primary N) is 1. The Hall–Kier alpha value is -1.00. The summed E-state index contributed by atoms with van der Waals surface area (Å²) in [5.41, 5.74) is 0.403. The second-order valence-corrected chi connectivity index (χ2v) is 2.47. The summed E-state index contributed by atoms with van der Waals surface area (Å²) in [4.78, 5) is 15.5. The molecule has 1 rings (SSSR count). The third-order valence-electron chi connectivity index (χ3n) is 1.19. The predicted octanol–water partition coefficient (Wildman–Crippen LogP) is 1.01. The van der Waals surface area contributed by atoms with E-state index in [1.165, 1.54) is 0 Å². The summed E-state index contributed by atoms with van der Waals surface area (Å²) in [6.45, 7) is 0. The van der Waals surface area contributed by atoms with E-state index >= 15 is 0 Å². The Balaban J connectivity index is 2.96. The minimum Gasteiger partial charge on any atom is -0.370 e. The Morgan fingerprint density at radius 3 is 2.82 bits per heavy atom. The van der Waals surface area contributed by atoms with Crippen LogP contribution in [0.5, 0.6) is 0 Å². The van der Waals surface area contributed by atoms with E-state index in [1.54, 1.807) is 24.3 Å². The highest BCUT2D eigenvalue weighted by molar-refractivity contribution is 7.80. The zero-order chi connectivity index (χ0) is 8.27. The van der Waals surface area contributed by atoms with Crippen LogP contribution in [-0.2, 0) is 4.84 Å². The lowest BCUT2D eigenvalue weighted by Gasteiger charge is -1.97. The highest BCUT2D eigenvalue weighted by Gasteiger charge is 2.03. The van der Waals surface area contributed by atoms with Crippen molar-refractivity contribution in [3.8, 4) is 0 Å². The van der Waals surface area contributed by atoms with Crippen molar-refractivity contribution < 1.29 is 9.63 Å². The molecule has 0 atom stereocenters. The molecule has 0 bridgehead atoms. The maximum absolute atomic E-state index is 10.8. The molecule has 11 heavy (non-hydrogen) atoms. The molecule has 0 radical (unpaired) electrons. The number of thiol groups is 1. The summed E-state index contributed by atoms with van der Waals surface area (Å²) < 4.78 is 0. The average Bonchev–Trinajstić information content (AvgIpc) is 2.03.